The van der Waals surface area contributed by atoms with Crippen molar-refractivity contribution >= 4 is 22.9 Å². The molecule has 2 aromatic rings. The average molecular weight is 374 g/mol. The lowest BCUT2D eigenvalue weighted by molar-refractivity contribution is -0.117. The first-order chi connectivity index (χ1) is 12.7. The van der Waals surface area contributed by atoms with E-state index in [0.29, 0.717) is 31.4 Å². The number of hydrogen-bond acceptors (Lipinski definition) is 7. The summed E-state index contributed by atoms with van der Waals surface area (Å²) in [6.45, 7) is 5.28. The molecule has 7 nitrogen and oxygen atoms in total. The number of aryl methyl sites for hydroxylation is 1. The van der Waals surface area contributed by atoms with Gasteiger partial charge in [0.2, 0.25) is 5.91 Å². The van der Waals surface area contributed by atoms with E-state index in [4.69, 9.17) is 9.47 Å². The molecule has 1 amide bonds. The van der Waals surface area contributed by atoms with Crippen LogP contribution < -0.4 is 14.8 Å². The first kappa shape index (κ1) is 17.2. The van der Waals surface area contributed by atoms with Crippen molar-refractivity contribution < 1.29 is 14.3 Å². The number of aromatic nitrogens is 2. The fraction of sp³-hybridized carbons (Fsp3) is 0.500. The molecule has 1 N–H and O–H groups in total. The molecule has 3 heterocycles. The summed E-state index contributed by atoms with van der Waals surface area (Å²) in [4.78, 5) is 14.6. The van der Waals surface area contributed by atoms with Gasteiger partial charge in [-0.1, -0.05) is 0 Å². The van der Waals surface area contributed by atoms with E-state index in [1.807, 2.05) is 25.1 Å². The zero-order valence-electron chi connectivity index (χ0n) is 14.7. The van der Waals surface area contributed by atoms with Crippen LogP contribution in [0.1, 0.15) is 28.8 Å². The number of nitrogens with zero attached hydrogens (tertiary/aromatic N) is 3. The van der Waals surface area contributed by atoms with Gasteiger partial charge in [0.05, 0.1) is 6.54 Å². The third-order valence-corrected chi connectivity index (χ3v) is 5.67. The smallest absolute Gasteiger partial charge is 0.238 e. The van der Waals surface area contributed by atoms with E-state index in [1.54, 1.807) is 11.3 Å². The van der Waals surface area contributed by atoms with Gasteiger partial charge < -0.3 is 14.8 Å². The molecule has 1 fully saturated rings. The fourth-order valence-corrected chi connectivity index (χ4v) is 4.21. The molecular formula is C18H22N4O3S. The first-order valence-electron chi connectivity index (χ1n) is 8.89. The molecule has 138 valence electrons. The highest BCUT2D eigenvalue weighted by Crippen LogP contribution is 2.33. The number of ether oxygens (including phenoxy) is 2. The number of fused-ring (bicyclic) bond motifs is 1. The summed E-state index contributed by atoms with van der Waals surface area (Å²) in [6, 6.07) is 5.49. The van der Waals surface area contributed by atoms with E-state index in [0.717, 1.165) is 47.4 Å². The zero-order valence-corrected chi connectivity index (χ0v) is 15.6. The van der Waals surface area contributed by atoms with Crippen molar-refractivity contribution in [3.8, 4) is 11.5 Å². The van der Waals surface area contributed by atoms with Crippen LogP contribution in [-0.4, -0.2) is 53.9 Å². The SMILES string of the molecule is Cc1nnc(C2CCN(CC(=O)Nc3ccc4c(c3)OCCO4)CC2)s1. The average Bonchev–Trinajstić information content (AvgIpc) is 3.08. The maximum absolute atomic E-state index is 12.4. The highest BCUT2D eigenvalue weighted by molar-refractivity contribution is 7.11. The molecule has 8 heteroatoms. The van der Waals surface area contributed by atoms with Gasteiger partial charge in [0, 0.05) is 17.7 Å². The minimum Gasteiger partial charge on any atom is -0.486 e. The maximum Gasteiger partial charge on any atom is 0.238 e. The number of carbonyl (C=O) groups is 1. The first-order valence-corrected chi connectivity index (χ1v) is 9.71. The fourth-order valence-electron chi connectivity index (χ4n) is 3.34. The van der Waals surface area contributed by atoms with E-state index in [-0.39, 0.29) is 5.91 Å². The van der Waals surface area contributed by atoms with Crippen LogP contribution in [0.4, 0.5) is 5.69 Å². The van der Waals surface area contributed by atoms with Gasteiger partial charge in [-0.05, 0) is 45.0 Å². The number of rotatable bonds is 4. The Morgan fingerprint density at radius 1 is 1.23 bits per heavy atom. The summed E-state index contributed by atoms with van der Waals surface area (Å²) < 4.78 is 11.1. The molecule has 0 spiro atoms. The molecule has 0 unspecified atom stereocenters. The third-order valence-electron chi connectivity index (χ3n) is 4.67. The number of hydrogen-bond donors (Lipinski definition) is 1. The third kappa shape index (κ3) is 3.96. The maximum atomic E-state index is 12.4. The Labute approximate surface area is 156 Å². The predicted octanol–water partition coefficient (Wildman–Crippen LogP) is 2.44. The van der Waals surface area contributed by atoms with Gasteiger partial charge >= 0.3 is 0 Å². The Bertz CT molecular complexity index is 786. The van der Waals surface area contributed by atoms with Crippen molar-refractivity contribution in [1.29, 1.82) is 0 Å². The van der Waals surface area contributed by atoms with Crippen molar-refractivity contribution in [3.05, 3.63) is 28.2 Å². The number of likely N-dealkylation sites (tertiary alicyclic amines) is 1. The van der Waals surface area contributed by atoms with Gasteiger partial charge in [-0.15, -0.1) is 21.5 Å². The van der Waals surface area contributed by atoms with Crippen LogP contribution in [0.3, 0.4) is 0 Å². The molecule has 1 aromatic carbocycles. The second-order valence-corrected chi connectivity index (χ2v) is 7.83. The Morgan fingerprint density at radius 2 is 2.00 bits per heavy atom. The zero-order chi connectivity index (χ0) is 17.9. The largest absolute Gasteiger partial charge is 0.486 e. The van der Waals surface area contributed by atoms with Gasteiger partial charge in [-0.25, -0.2) is 0 Å². The van der Waals surface area contributed by atoms with Crippen molar-refractivity contribution in [2.75, 3.05) is 38.2 Å². The minimum absolute atomic E-state index is 0.00751. The minimum atomic E-state index is -0.00751. The monoisotopic (exact) mass is 374 g/mol. The second-order valence-electron chi connectivity index (χ2n) is 6.62. The topological polar surface area (TPSA) is 76.6 Å². The molecule has 2 aliphatic heterocycles. The summed E-state index contributed by atoms with van der Waals surface area (Å²) in [7, 11) is 0. The van der Waals surface area contributed by atoms with Gasteiger partial charge in [-0.3, -0.25) is 9.69 Å². The Kier molecular flexibility index (Phi) is 5.03. The summed E-state index contributed by atoms with van der Waals surface area (Å²) >= 11 is 1.68. The predicted molar refractivity (Wildman–Crippen MR) is 99.1 cm³/mol. The van der Waals surface area contributed by atoms with Crippen LogP contribution in [-0.2, 0) is 4.79 Å². The lowest BCUT2D eigenvalue weighted by Gasteiger charge is -2.30. The highest BCUT2D eigenvalue weighted by atomic mass is 32.1. The van der Waals surface area contributed by atoms with Crippen LogP contribution >= 0.6 is 11.3 Å². The molecule has 4 rings (SSSR count). The molecule has 0 radical (unpaired) electrons. The van der Waals surface area contributed by atoms with Crippen molar-refractivity contribution in [3.63, 3.8) is 0 Å². The number of benzene rings is 1. The number of carbonyl (C=O) groups excluding carboxylic acids is 1. The Hall–Kier alpha value is -2.19. The molecule has 1 saturated heterocycles. The van der Waals surface area contributed by atoms with E-state index in [1.165, 1.54) is 0 Å². The summed E-state index contributed by atoms with van der Waals surface area (Å²) in [5, 5.41) is 13.5. The summed E-state index contributed by atoms with van der Waals surface area (Å²) in [6.07, 6.45) is 2.04. The van der Waals surface area contributed by atoms with Crippen molar-refractivity contribution in [2.45, 2.75) is 25.7 Å². The molecule has 0 aliphatic carbocycles. The Balaban J connectivity index is 1.28. The molecular weight excluding hydrogens is 352 g/mol. The van der Waals surface area contributed by atoms with Crippen LogP contribution in [0.15, 0.2) is 18.2 Å². The lowest BCUT2D eigenvalue weighted by atomic mass is 9.98. The van der Waals surface area contributed by atoms with E-state index in [2.05, 4.69) is 20.4 Å². The van der Waals surface area contributed by atoms with Gasteiger partial charge in [0.15, 0.2) is 11.5 Å². The van der Waals surface area contributed by atoms with E-state index in [9.17, 15) is 4.79 Å². The van der Waals surface area contributed by atoms with Crippen LogP contribution in [0, 0.1) is 6.92 Å². The number of anilines is 1. The van der Waals surface area contributed by atoms with Crippen LogP contribution in [0.2, 0.25) is 0 Å². The van der Waals surface area contributed by atoms with E-state index >= 15 is 0 Å². The molecule has 0 saturated carbocycles. The standard InChI is InChI=1S/C18H22N4O3S/c1-12-20-21-18(26-12)13-4-6-22(7-5-13)11-17(23)19-14-2-3-15-16(10-14)25-9-8-24-15/h2-3,10,13H,4-9,11H2,1H3,(H,19,23). The quantitative estimate of drug-likeness (QED) is 0.886. The lowest BCUT2D eigenvalue weighted by Crippen LogP contribution is -2.38. The Morgan fingerprint density at radius 3 is 2.73 bits per heavy atom. The molecule has 0 atom stereocenters. The molecule has 2 aliphatic rings. The number of amides is 1. The normalized spacial score (nSPS) is 17.9. The van der Waals surface area contributed by atoms with E-state index < -0.39 is 0 Å². The molecule has 1 aromatic heterocycles. The van der Waals surface area contributed by atoms with Gasteiger partial charge in [-0.2, -0.15) is 0 Å². The van der Waals surface area contributed by atoms with Crippen molar-refractivity contribution in [2.24, 2.45) is 0 Å². The van der Waals surface area contributed by atoms with Crippen LogP contribution in [0.5, 0.6) is 11.5 Å². The molecule has 26 heavy (non-hydrogen) atoms. The molecule has 0 bridgehead atoms. The summed E-state index contributed by atoms with van der Waals surface area (Å²) in [5.74, 6) is 1.87. The van der Waals surface area contributed by atoms with Crippen LogP contribution in [0.25, 0.3) is 0 Å². The second kappa shape index (κ2) is 7.59. The number of piperidine rings is 1. The highest BCUT2D eigenvalue weighted by Gasteiger charge is 2.24. The number of nitrogens with one attached hydrogen (secondary N) is 1. The summed E-state index contributed by atoms with van der Waals surface area (Å²) in [5.41, 5.74) is 0.735. The van der Waals surface area contributed by atoms with Gasteiger partial charge in [0.25, 0.3) is 0 Å². The van der Waals surface area contributed by atoms with Gasteiger partial charge in [0.1, 0.15) is 23.2 Å². The van der Waals surface area contributed by atoms with Crippen molar-refractivity contribution in [1.82, 2.24) is 15.1 Å².